The van der Waals surface area contributed by atoms with Crippen LogP contribution in [0.25, 0.3) is 22.2 Å². The highest BCUT2D eigenvalue weighted by molar-refractivity contribution is 5.84. The molecular formula is C16H13NO4. The third-order valence-corrected chi connectivity index (χ3v) is 3.18. The molecule has 3 aromatic rings. The van der Waals surface area contributed by atoms with Gasteiger partial charge in [-0.1, -0.05) is 6.07 Å². The topological polar surface area (TPSA) is 61.6 Å². The molecule has 0 aliphatic rings. The van der Waals surface area contributed by atoms with E-state index in [2.05, 4.69) is 4.98 Å². The van der Waals surface area contributed by atoms with Crippen LogP contribution < -0.4 is 15.1 Å². The van der Waals surface area contributed by atoms with Gasteiger partial charge in [0.2, 0.25) is 0 Å². The number of fused-ring (bicyclic) bond motifs is 1. The van der Waals surface area contributed by atoms with E-state index in [-0.39, 0.29) is 0 Å². The molecule has 0 radical (unpaired) electrons. The summed E-state index contributed by atoms with van der Waals surface area (Å²) in [6.45, 7) is 0. The maximum Gasteiger partial charge on any atom is 0.345 e. The van der Waals surface area contributed by atoms with Crippen LogP contribution in [0.1, 0.15) is 0 Å². The zero-order valence-electron chi connectivity index (χ0n) is 11.6. The van der Waals surface area contributed by atoms with Gasteiger partial charge in [0.05, 0.1) is 25.5 Å². The Bertz CT molecular complexity index is 840. The number of hydrogen-bond donors (Lipinski definition) is 0. The largest absolute Gasteiger partial charge is 0.493 e. The van der Waals surface area contributed by atoms with E-state index in [4.69, 9.17) is 13.9 Å². The number of rotatable bonds is 3. The van der Waals surface area contributed by atoms with Gasteiger partial charge in [-0.15, -0.1) is 0 Å². The highest BCUT2D eigenvalue weighted by atomic mass is 16.5. The van der Waals surface area contributed by atoms with Gasteiger partial charge < -0.3 is 13.9 Å². The third kappa shape index (κ3) is 2.33. The lowest BCUT2D eigenvalue weighted by molar-refractivity contribution is 0.355. The lowest BCUT2D eigenvalue weighted by Gasteiger charge is -2.09. The zero-order valence-corrected chi connectivity index (χ0v) is 11.6. The minimum atomic E-state index is -0.437. The minimum Gasteiger partial charge on any atom is -0.493 e. The molecule has 0 amide bonds. The van der Waals surface area contributed by atoms with Crippen molar-refractivity contribution in [2.45, 2.75) is 0 Å². The molecule has 0 unspecified atom stereocenters. The van der Waals surface area contributed by atoms with Gasteiger partial charge in [0.1, 0.15) is 5.58 Å². The standard InChI is InChI=1S/C16H13NO4/c1-19-14-8-10-7-11(12-5-3-4-6-17-12)16(18)21-13(10)9-15(14)20-2/h3-9H,1-2H3. The summed E-state index contributed by atoms with van der Waals surface area (Å²) < 4.78 is 15.8. The van der Waals surface area contributed by atoms with E-state index in [1.165, 1.54) is 7.11 Å². The van der Waals surface area contributed by atoms with Crippen LogP contribution in [0.4, 0.5) is 0 Å². The smallest absolute Gasteiger partial charge is 0.345 e. The first-order chi connectivity index (χ1) is 10.2. The average molecular weight is 283 g/mol. The van der Waals surface area contributed by atoms with E-state index >= 15 is 0 Å². The molecule has 21 heavy (non-hydrogen) atoms. The Morgan fingerprint density at radius 2 is 1.81 bits per heavy atom. The maximum absolute atomic E-state index is 12.1. The highest BCUT2D eigenvalue weighted by Crippen LogP contribution is 2.32. The van der Waals surface area contributed by atoms with Crippen molar-refractivity contribution in [1.82, 2.24) is 4.98 Å². The van der Waals surface area contributed by atoms with Crippen molar-refractivity contribution >= 4 is 11.0 Å². The summed E-state index contributed by atoms with van der Waals surface area (Å²) in [5.74, 6) is 1.09. The lowest BCUT2D eigenvalue weighted by atomic mass is 10.1. The number of aromatic nitrogens is 1. The molecular weight excluding hydrogens is 270 g/mol. The Labute approximate surface area is 120 Å². The van der Waals surface area contributed by atoms with E-state index in [1.807, 2.05) is 6.07 Å². The number of pyridine rings is 1. The molecule has 0 bridgehead atoms. The first-order valence-corrected chi connectivity index (χ1v) is 6.34. The van der Waals surface area contributed by atoms with Crippen LogP contribution in [-0.2, 0) is 0 Å². The summed E-state index contributed by atoms with van der Waals surface area (Å²) in [5, 5.41) is 0.743. The van der Waals surface area contributed by atoms with Gasteiger partial charge >= 0.3 is 5.63 Å². The van der Waals surface area contributed by atoms with Crippen LogP contribution in [-0.4, -0.2) is 19.2 Å². The van der Waals surface area contributed by atoms with Crippen LogP contribution in [0.5, 0.6) is 11.5 Å². The van der Waals surface area contributed by atoms with E-state index in [1.54, 1.807) is 43.6 Å². The van der Waals surface area contributed by atoms with Crippen molar-refractivity contribution in [3.63, 3.8) is 0 Å². The molecule has 0 fully saturated rings. The number of nitrogens with zero attached hydrogens (tertiary/aromatic N) is 1. The predicted octanol–water partition coefficient (Wildman–Crippen LogP) is 2.87. The molecule has 0 spiro atoms. The number of benzene rings is 1. The van der Waals surface area contributed by atoms with Crippen molar-refractivity contribution in [2.24, 2.45) is 0 Å². The Morgan fingerprint density at radius 3 is 2.48 bits per heavy atom. The molecule has 106 valence electrons. The van der Waals surface area contributed by atoms with Crippen LogP contribution in [0, 0.1) is 0 Å². The summed E-state index contributed by atoms with van der Waals surface area (Å²) in [7, 11) is 3.09. The van der Waals surface area contributed by atoms with Gasteiger partial charge in [-0.2, -0.15) is 0 Å². The predicted molar refractivity (Wildman–Crippen MR) is 78.8 cm³/mol. The van der Waals surface area contributed by atoms with Crippen molar-refractivity contribution in [3.05, 3.63) is 53.0 Å². The molecule has 5 heteroatoms. The average Bonchev–Trinajstić information content (AvgIpc) is 2.53. The van der Waals surface area contributed by atoms with Crippen molar-refractivity contribution < 1.29 is 13.9 Å². The fourth-order valence-electron chi connectivity index (χ4n) is 2.15. The Balaban J connectivity index is 2.26. The molecule has 5 nitrogen and oxygen atoms in total. The summed E-state index contributed by atoms with van der Waals surface area (Å²) in [5.41, 5.74) is 0.990. The Kier molecular flexibility index (Phi) is 3.31. The maximum atomic E-state index is 12.1. The molecule has 3 rings (SSSR count). The van der Waals surface area contributed by atoms with E-state index in [0.717, 1.165) is 5.39 Å². The molecule has 0 aliphatic carbocycles. The highest BCUT2D eigenvalue weighted by Gasteiger charge is 2.12. The van der Waals surface area contributed by atoms with E-state index in [9.17, 15) is 4.79 Å². The fraction of sp³-hybridized carbons (Fsp3) is 0.125. The molecule has 0 N–H and O–H groups in total. The SMILES string of the molecule is COc1cc2cc(-c3ccccn3)c(=O)oc2cc1OC. The monoisotopic (exact) mass is 283 g/mol. The van der Waals surface area contributed by atoms with Crippen LogP contribution in [0.2, 0.25) is 0 Å². The summed E-state index contributed by atoms with van der Waals surface area (Å²) >= 11 is 0. The molecule has 0 atom stereocenters. The zero-order chi connectivity index (χ0) is 14.8. The molecule has 0 saturated carbocycles. The van der Waals surface area contributed by atoms with E-state index in [0.29, 0.717) is 28.3 Å². The molecule has 0 saturated heterocycles. The second-order valence-electron chi connectivity index (χ2n) is 4.41. The molecule has 2 aromatic heterocycles. The van der Waals surface area contributed by atoms with Gasteiger partial charge in [0, 0.05) is 17.6 Å². The van der Waals surface area contributed by atoms with Crippen molar-refractivity contribution in [3.8, 4) is 22.8 Å². The lowest BCUT2D eigenvalue weighted by Crippen LogP contribution is -2.04. The second-order valence-corrected chi connectivity index (χ2v) is 4.41. The Hall–Kier alpha value is -2.82. The van der Waals surface area contributed by atoms with Crippen molar-refractivity contribution in [2.75, 3.05) is 14.2 Å². The van der Waals surface area contributed by atoms with Crippen molar-refractivity contribution in [1.29, 1.82) is 0 Å². The minimum absolute atomic E-state index is 0.412. The molecule has 2 heterocycles. The molecule has 0 aliphatic heterocycles. The van der Waals surface area contributed by atoms with Crippen LogP contribution in [0.3, 0.4) is 0 Å². The molecule has 1 aromatic carbocycles. The first-order valence-electron chi connectivity index (χ1n) is 6.34. The summed E-state index contributed by atoms with van der Waals surface area (Å²) in [4.78, 5) is 16.3. The van der Waals surface area contributed by atoms with Crippen LogP contribution in [0.15, 0.2) is 51.8 Å². The normalized spacial score (nSPS) is 10.6. The van der Waals surface area contributed by atoms with Gasteiger partial charge in [-0.25, -0.2) is 4.79 Å². The van der Waals surface area contributed by atoms with Gasteiger partial charge in [0.15, 0.2) is 11.5 Å². The second kappa shape index (κ2) is 5.28. The summed E-state index contributed by atoms with van der Waals surface area (Å²) in [6, 6.07) is 10.5. The van der Waals surface area contributed by atoms with Gasteiger partial charge in [-0.3, -0.25) is 4.98 Å². The van der Waals surface area contributed by atoms with E-state index < -0.39 is 5.63 Å². The van der Waals surface area contributed by atoms with Gasteiger partial charge in [0.25, 0.3) is 0 Å². The third-order valence-electron chi connectivity index (χ3n) is 3.18. The number of hydrogen-bond acceptors (Lipinski definition) is 5. The summed E-state index contributed by atoms with van der Waals surface area (Å²) in [6.07, 6.45) is 1.63. The van der Waals surface area contributed by atoms with Crippen LogP contribution >= 0.6 is 0 Å². The Morgan fingerprint density at radius 1 is 1.05 bits per heavy atom. The fourth-order valence-corrected chi connectivity index (χ4v) is 2.15. The quantitative estimate of drug-likeness (QED) is 0.692. The first kappa shape index (κ1) is 13.2. The van der Waals surface area contributed by atoms with Gasteiger partial charge in [-0.05, 0) is 24.3 Å². The number of ether oxygens (including phenoxy) is 2. The number of methoxy groups -OCH3 is 2.